The molecule has 4 rings (SSSR count). The first-order valence-corrected chi connectivity index (χ1v) is 10.1. The fourth-order valence-electron chi connectivity index (χ4n) is 2.86. The predicted molar refractivity (Wildman–Crippen MR) is 117 cm³/mol. The average Bonchev–Trinajstić information content (AvgIpc) is 3.21. The Bertz CT molecular complexity index is 1130. The fraction of sp³-hybridized carbons (Fsp3) is 0.0455. The molecule has 0 atom stereocenters. The van der Waals surface area contributed by atoms with Crippen molar-refractivity contribution < 1.29 is 9.53 Å². The number of fused-ring (bicyclic) bond motifs is 1. The van der Waals surface area contributed by atoms with Gasteiger partial charge in [-0.25, -0.2) is 14.8 Å². The average molecular weight is 451 g/mol. The highest BCUT2D eigenvalue weighted by Crippen LogP contribution is 2.37. The lowest BCUT2D eigenvalue weighted by atomic mass is 10.0. The monoisotopic (exact) mass is 450 g/mol. The largest absolute Gasteiger partial charge is 0.465 e. The Hall–Kier alpha value is -2.83. The van der Waals surface area contributed by atoms with Gasteiger partial charge in [0.2, 0.25) is 0 Å². The summed E-state index contributed by atoms with van der Waals surface area (Å²) in [6, 6.07) is 21.8. The van der Waals surface area contributed by atoms with Crippen LogP contribution in [0.15, 0.2) is 82.4 Å². The van der Waals surface area contributed by atoms with E-state index >= 15 is 0 Å². The second-order valence-corrected chi connectivity index (χ2v) is 7.87. The fourth-order valence-corrected chi connectivity index (χ4v) is 4.43. The number of ether oxygens (including phenoxy) is 1. The molecular weight excluding hydrogens is 436 g/mol. The van der Waals surface area contributed by atoms with E-state index in [0.717, 1.165) is 31.4 Å². The minimum absolute atomic E-state index is 0.366. The molecule has 28 heavy (non-hydrogen) atoms. The molecule has 0 N–H and O–H groups in total. The molecule has 4 aromatic rings. The van der Waals surface area contributed by atoms with E-state index in [9.17, 15) is 4.79 Å². The number of thiophene rings is 1. The second kappa shape index (κ2) is 8.04. The molecule has 0 bridgehead atoms. The van der Waals surface area contributed by atoms with Gasteiger partial charge in [-0.15, -0.1) is 11.3 Å². The van der Waals surface area contributed by atoms with E-state index in [-0.39, 0.29) is 5.97 Å². The van der Waals surface area contributed by atoms with Crippen LogP contribution in [0.25, 0.3) is 10.1 Å². The summed E-state index contributed by atoms with van der Waals surface area (Å²) in [5, 5.41) is 0.889. The van der Waals surface area contributed by atoms with E-state index in [2.05, 4.69) is 20.9 Å². The molecule has 0 amide bonds. The van der Waals surface area contributed by atoms with Crippen molar-refractivity contribution in [3.8, 4) is 0 Å². The number of pyridine rings is 1. The van der Waals surface area contributed by atoms with Crippen LogP contribution in [-0.2, 0) is 4.74 Å². The number of esters is 1. The Balaban J connectivity index is 1.94. The van der Waals surface area contributed by atoms with Gasteiger partial charge in [-0.2, -0.15) is 0 Å². The smallest absolute Gasteiger partial charge is 0.348 e. The van der Waals surface area contributed by atoms with Gasteiger partial charge < -0.3 is 4.74 Å². The molecule has 0 aliphatic heterocycles. The lowest BCUT2D eigenvalue weighted by Crippen LogP contribution is -2.02. The van der Waals surface area contributed by atoms with E-state index in [1.807, 2.05) is 60.7 Å². The number of benzene rings is 2. The lowest BCUT2D eigenvalue weighted by molar-refractivity contribution is 0.0606. The van der Waals surface area contributed by atoms with Gasteiger partial charge in [-0.05, 0) is 22.0 Å². The molecule has 0 aliphatic carbocycles. The van der Waals surface area contributed by atoms with Crippen molar-refractivity contribution in [2.75, 3.05) is 7.11 Å². The maximum absolute atomic E-state index is 12.0. The number of methoxy groups -OCH3 is 1. The molecular formula is C22H15BrN2O2S. The molecule has 4 nitrogen and oxygen atoms in total. The normalized spacial score (nSPS) is 10.6. The van der Waals surface area contributed by atoms with Crippen molar-refractivity contribution in [1.29, 1.82) is 0 Å². The Morgan fingerprint density at radius 3 is 2.21 bits per heavy atom. The van der Waals surface area contributed by atoms with Gasteiger partial charge in [0.1, 0.15) is 4.88 Å². The highest BCUT2D eigenvalue weighted by molar-refractivity contribution is 9.10. The van der Waals surface area contributed by atoms with Crippen LogP contribution in [0.3, 0.4) is 0 Å². The molecule has 0 unspecified atom stereocenters. The van der Waals surface area contributed by atoms with Crippen LogP contribution in [0.1, 0.15) is 20.8 Å². The zero-order valence-corrected chi connectivity index (χ0v) is 17.3. The summed E-state index contributed by atoms with van der Waals surface area (Å²) < 4.78 is 6.51. The summed E-state index contributed by atoms with van der Waals surface area (Å²) >= 11 is 4.84. The molecule has 2 aromatic heterocycles. The van der Waals surface area contributed by atoms with Crippen LogP contribution in [-0.4, -0.2) is 23.8 Å². The maximum Gasteiger partial charge on any atom is 0.348 e. The van der Waals surface area contributed by atoms with Crippen LogP contribution < -0.4 is 0 Å². The van der Waals surface area contributed by atoms with Gasteiger partial charge in [0.15, 0.2) is 5.82 Å². The quantitative estimate of drug-likeness (QED) is 0.282. The van der Waals surface area contributed by atoms with Crippen molar-refractivity contribution in [3.05, 3.63) is 93.4 Å². The Kier molecular flexibility index (Phi) is 5.32. The first-order chi connectivity index (χ1) is 13.7. The number of aromatic nitrogens is 1. The molecule has 0 radical (unpaired) electrons. The highest BCUT2D eigenvalue weighted by Gasteiger charge is 2.17. The van der Waals surface area contributed by atoms with Gasteiger partial charge >= 0.3 is 5.97 Å². The van der Waals surface area contributed by atoms with Crippen molar-refractivity contribution in [2.45, 2.75) is 0 Å². The molecule has 0 spiro atoms. The number of hydrogen-bond donors (Lipinski definition) is 0. The summed E-state index contributed by atoms with van der Waals surface area (Å²) in [7, 11) is 1.38. The number of hydrogen-bond acceptors (Lipinski definition) is 5. The zero-order valence-electron chi connectivity index (χ0n) is 14.9. The topological polar surface area (TPSA) is 51.5 Å². The van der Waals surface area contributed by atoms with Gasteiger partial charge in [-0.3, -0.25) is 0 Å². The number of halogens is 1. The summed E-state index contributed by atoms with van der Waals surface area (Å²) in [4.78, 5) is 21.9. The third-order valence-electron chi connectivity index (χ3n) is 4.19. The van der Waals surface area contributed by atoms with Crippen molar-refractivity contribution >= 4 is 54.9 Å². The highest BCUT2D eigenvalue weighted by atomic mass is 79.9. The molecule has 0 saturated carbocycles. The van der Waals surface area contributed by atoms with E-state index < -0.39 is 0 Å². The van der Waals surface area contributed by atoms with Gasteiger partial charge in [-0.1, -0.05) is 60.7 Å². The van der Waals surface area contributed by atoms with Crippen LogP contribution in [0.5, 0.6) is 0 Å². The Morgan fingerprint density at radius 2 is 1.64 bits per heavy atom. The number of nitrogens with zero attached hydrogens (tertiary/aromatic N) is 2. The Morgan fingerprint density at radius 1 is 1.04 bits per heavy atom. The maximum atomic E-state index is 12.0. The van der Waals surface area contributed by atoms with E-state index in [1.165, 1.54) is 18.4 Å². The first kappa shape index (κ1) is 18.5. The number of rotatable bonds is 4. The molecule has 2 aromatic carbocycles. The van der Waals surface area contributed by atoms with Crippen LogP contribution in [0.2, 0.25) is 0 Å². The van der Waals surface area contributed by atoms with Crippen molar-refractivity contribution in [3.63, 3.8) is 0 Å². The van der Waals surface area contributed by atoms with Crippen molar-refractivity contribution in [1.82, 2.24) is 4.98 Å². The summed E-state index contributed by atoms with van der Waals surface area (Å²) in [6.45, 7) is 0. The van der Waals surface area contributed by atoms with Gasteiger partial charge in [0.05, 0.1) is 17.5 Å². The van der Waals surface area contributed by atoms with Gasteiger partial charge in [0.25, 0.3) is 0 Å². The second-order valence-electron chi connectivity index (χ2n) is 5.97. The van der Waals surface area contributed by atoms with Crippen molar-refractivity contribution in [2.24, 2.45) is 4.99 Å². The third kappa shape index (κ3) is 3.61. The van der Waals surface area contributed by atoms with Crippen LogP contribution >= 0.6 is 27.3 Å². The lowest BCUT2D eigenvalue weighted by Gasteiger charge is -2.08. The SMILES string of the molecule is COC(=O)c1cc2c(Br)cnc(N=C(c3ccccc3)c3ccccc3)c2s1. The predicted octanol–water partition coefficient (Wildman–Crippen LogP) is 6.01. The minimum Gasteiger partial charge on any atom is -0.465 e. The molecule has 0 saturated heterocycles. The first-order valence-electron chi connectivity index (χ1n) is 8.53. The molecule has 2 heterocycles. The number of aliphatic imine (C=N–C) groups is 1. The Labute approximate surface area is 174 Å². The summed E-state index contributed by atoms with van der Waals surface area (Å²) in [5.74, 6) is 0.204. The van der Waals surface area contributed by atoms with Gasteiger partial charge in [0, 0.05) is 27.2 Å². The van der Waals surface area contributed by atoms with E-state index in [0.29, 0.717) is 10.7 Å². The molecule has 0 fully saturated rings. The summed E-state index contributed by atoms with van der Waals surface area (Å²) in [6.07, 6.45) is 1.71. The molecule has 6 heteroatoms. The van der Waals surface area contributed by atoms with E-state index in [4.69, 9.17) is 9.73 Å². The zero-order chi connectivity index (χ0) is 19.5. The van der Waals surface area contributed by atoms with Crippen LogP contribution in [0, 0.1) is 0 Å². The standard InChI is InChI=1S/C22H15BrN2O2S/c1-27-22(26)18-12-16-17(23)13-24-21(20(16)28-18)25-19(14-8-4-2-5-9-14)15-10-6-3-7-11-15/h2-13H,1H3. The van der Waals surface area contributed by atoms with E-state index in [1.54, 1.807) is 12.3 Å². The summed E-state index contributed by atoms with van der Waals surface area (Å²) in [5.41, 5.74) is 2.82. The number of carbonyl (C=O) groups excluding carboxylic acids is 1. The molecule has 0 aliphatic rings. The molecule has 138 valence electrons. The van der Waals surface area contributed by atoms with Crippen LogP contribution in [0.4, 0.5) is 5.82 Å². The minimum atomic E-state index is -0.366. The third-order valence-corrected chi connectivity index (χ3v) is 5.93. The number of carbonyl (C=O) groups is 1.